The van der Waals surface area contributed by atoms with Gasteiger partial charge in [-0.25, -0.2) is 4.79 Å². The van der Waals surface area contributed by atoms with Crippen LogP contribution < -0.4 is 4.74 Å². The number of unbranched alkanes of at least 4 members (excludes halogenated alkanes) is 5. The molecule has 0 aliphatic rings. The van der Waals surface area contributed by atoms with Crippen LogP contribution in [0.15, 0.2) is 85.2 Å². The maximum Gasteiger partial charge on any atom is 0.339 e. The van der Waals surface area contributed by atoms with Crippen molar-refractivity contribution in [1.29, 1.82) is 0 Å². The van der Waals surface area contributed by atoms with E-state index in [2.05, 4.69) is 4.98 Å². The van der Waals surface area contributed by atoms with E-state index in [1.165, 1.54) is 6.20 Å². The molecule has 0 saturated heterocycles. The van der Waals surface area contributed by atoms with Gasteiger partial charge >= 0.3 is 5.97 Å². The zero-order valence-electron chi connectivity index (χ0n) is 19.4. The number of hydrogen-bond acceptors (Lipinski definition) is 5. The number of nitrogens with zero attached hydrogens (tertiary/aromatic N) is 1. The zero-order valence-corrected chi connectivity index (χ0v) is 19.4. The van der Waals surface area contributed by atoms with Crippen molar-refractivity contribution >= 4 is 17.8 Å². The molecule has 0 fully saturated rings. The van der Waals surface area contributed by atoms with Crippen molar-refractivity contribution in [3.8, 4) is 5.75 Å². The molecule has 0 saturated carbocycles. The van der Waals surface area contributed by atoms with Gasteiger partial charge in [0.2, 0.25) is 0 Å². The molecule has 0 spiro atoms. The van der Waals surface area contributed by atoms with Crippen molar-refractivity contribution in [2.24, 2.45) is 0 Å². The molecule has 0 atom stereocenters. The Bertz CT molecular complexity index is 1050. The highest BCUT2D eigenvalue weighted by atomic mass is 16.5. The Labute approximate surface area is 201 Å². The Balaban J connectivity index is 1.27. The molecule has 5 nitrogen and oxygen atoms in total. The number of pyridine rings is 1. The lowest BCUT2D eigenvalue weighted by Crippen LogP contribution is -2.06. The number of hydrogen-bond donors (Lipinski definition) is 0. The fourth-order valence-corrected chi connectivity index (χ4v) is 3.44. The van der Waals surface area contributed by atoms with Gasteiger partial charge in [-0.1, -0.05) is 74.2 Å². The minimum absolute atomic E-state index is 0.0257. The van der Waals surface area contributed by atoms with Crippen LogP contribution in [0.25, 0.3) is 6.08 Å². The number of para-hydroxylation sites is 1. The number of benzene rings is 2. The molecule has 3 rings (SSSR count). The number of ether oxygens (including phenoxy) is 2. The van der Waals surface area contributed by atoms with Gasteiger partial charge in [-0.2, -0.15) is 0 Å². The summed E-state index contributed by atoms with van der Waals surface area (Å²) in [6.07, 6.45) is 12.7. The van der Waals surface area contributed by atoms with E-state index in [-0.39, 0.29) is 11.8 Å². The van der Waals surface area contributed by atoms with Gasteiger partial charge in [0, 0.05) is 23.5 Å². The molecule has 1 aromatic heterocycles. The van der Waals surface area contributed by atoms with Crippen molar-refractivity contribution in [1.82, 2.24) is 4.98 Å². The normalized spacial score (nSPS) is 10.8. The second-order valence-corrected chi connectivity index (χ2v) is 7.95. The molecule has 34 heavy (non-hydrogen) atoms. The van der Waals surface area contributed by atoms with Crippen LogP contribution in [-0.2, 0) is 4.74 Å². The SMILES string of the molecule is O=C(/C=C/c1ccccc1OCCCCCCCCOC(=O)c1cccnc1)c1ccccc1. The quantitative estimate of drug-likeness (QED) is 0.119. The van der Waals surface area contributed by atoms with Crippen LogP contribution in [-0.4, -0.2) is 30.0 Å². The topological polar surface area (TPSA) is 65.5 Å². The molecule has 3 aromatic rings. The maximum atomic E-state index is 12.3. The van der Waals surface area contributed by atoms with E-state index >= 15 is 0 Å². The molecule has 0 bridgehead atoms. The number of allylic oxidation sites excluding steroid dienone is 1. The summed E-state index contributed by atoms with van der Waals surface area (Å²) in [6, 6.07) is 20.4. The second kappa shape index (κ2) is 14.4. The van der Waals surface area contributed by atoms with Crippen molar-refractivity contribution in [2.45, 2.75) is 38.5 Å². The predicted molar refractivity (Wildman–Crippen MR) is 134 cm³/mol. The Morgan fingerprint density at radius 2 is 1.41 bits per heavy atom. The average Bonchev–Trinajstić information content (AvgIpc) is 2.89. The number of carbonyl (C=O) groups excluding carboxylic acids is 2. The summed E-state index contributed by atoms with van der Waals surface area (Å²) >= 11 is 0. The first kappa shape index (κ1) is 24.9. The Hall–Kier alpha value is -3.73. The van der Waals surface area contributed by atoms with E-state index in [0.29, 0.717) is 24.3 Å². The highest BCUT2D eigenvalue weighted by Gasteiger charge is 2.06. The third-order valence-electron chi connectivity index (χ3n) is 5.32. The number of aromatic nitrogens is 1. The molecule has 0 N–H and O–H groups in total. The molecule has 0 radical (unpaired) electrons. The van der Waals surface area contributed by atoms with Gasteiger partial charge in [-0.3, -0.25) is 9.78 Å². The van der Waals surface area contributed by atoms with E-state index in [1.807, 2.05) is 60.7 Å². The van der Waals surface area contributed by atoms with Crippen molar-refractivity contribution in [2.75, 3.05) is 13.2 Å². The van der Waals surface area contributed by atoms with Gasteiger partial charge in [-0.15, -0.1) is 0 Å². The Morgan fingerprint density at radius 1 is 0.735 bits per heavy atom. The van der Waals surface area contributed by atoms with E-state index in [1.54, 1.807) is 24.4 Å². The lowest BCUT2D eigenvalue weighted by Gasteiger charge is -2.09. The minimum atomic E-state index is -0.315. The zero-order chi connectivity index (χ0) is 23.8. The molecular weight excluding hydrogens is 426 g/mol. The second-order valence-electron chi connectivity index (χ2n) is 7.95. The lowest BCUT2D eigenvalue weighted by atomic mass is 10.1. The van der Waals surface area contributed by atoms with Crippen molar-refractivity contribution < 1.29 is 19.1 Å². The van der Waals surface area contributed by atoms with Crippen LogP contribution in [0.4, 0.5) is 0 Å². The van der Waals surface area contributed by atoms with Crippen LogP contribution >= 0.6 is 0 Å². The van der Waals surface area contributed by atoms with Crippen molar-refractivity contribution in [3.63, 3.8) is 0 Å². The van der Waals surface area contributed by atoms with Crippen LogP contribution in [0, 0.1) is 0 Å². The van der Waals surface area contributed by atoms with Gasteiger partial charge < -0.3 is 9.47 Å². The summed E-state index contributed by atoms with van der Waals surface area (Å²) < 4.78 is 11.2. The fraction of sp³-hybridized carbons (Fsp3) is 0.276. The Morgan fingerprint density at radius 3 is 2.18 bits per heavy atom. The summed E-state index contributed by atoms with van der Waals surface area (Å²) in [5.74, 6) is 0.446. The van der Waals surface area contributed by atoms with Crippen LogP contribution in [0.5, 0.6) is 5.75 Å². The lowest BCUT2D eigenvalue weighted by molar-refractivity contribution is 0.0497. The molecule has 0 aliphatic heterocycles. The number of ketones is 1. The van der Waals surface area contributed by atoms with Gasteiger partial charge in [-0.05, 0) is 43.2 Å². The molecule has 0 aliphatic carbocycles. The minimum Gasteiger partial charge on any atom is -0.493 e. The van der Waals surface area contributed by atoms with Crippen LogP contribution in [0.3, 0.4) is 0 Å². The molecule has 5 heteroatoms. The van der Waals surface area contributed by atoms with E-state index in [4.69, 9.17) is 9.47 Å². The first-order valence-corrected chi connectivity index (χ1v) is 11.8. The van der Waals surface area contributed by atoms with Crippen LogP contribution in [0.2, 0.25) is 0 Å². The first-order valence-electron chi connectivity index (χ1n) is 11.8. The largest absolute Gasteiger partial charge is 0.493 e. The number of rotatable bonds is 14. The molecule has 176 valence electrons. The van der Waals surface area contributed by atoms with E-state index in [9.17, 15) is 9.59 Å². The maximum absolute atomic E-state index is 12.3. The Kier molecular flexibility index (Phi) is 10.6. The third kappa shape index (κ3) is 8.66. The summed E-state index contributed by atoms with van der Waals surface area (Å²) in [6.45, 7) is 1.08. The fourth-order valence-electron chi connectivity index (χ4n) is 3.44. The molecule has 2 aromatic carbocycles. The monoisotopic (exact) mass is 457 g/mol. The highest BCUT2D eigenvalue weighted by Crippen LogP contribution is 2.20. The highest BCUT2D eigenvalue weighted by molar-refractivity contribution is 6.06. The first-order chi connectivity index (χ1) is 16.7. The molecular formula is C29H31NO4. The van der Waals surface area contributed by atoms with Crippen molar-refractivity contribution in [3.05, 3.63) is 102 Å². The predicted octanol–water partition coefficient (Wildman–Crippen LogP) is 6.55. The average molecular weight is 458 g/mol. The standard InChI is InChI=1S/C29H31NO4/c31-27(24-13-6-5-7-14-24)19-18-25-15-8-9-17-28(25)33-21-10-3-1-2-4-11-22-34-29(32)26-16-12-20-30-23-26/h5-9,12-20,23H,1-4,10-11,21-22H2/b19-18+. The molecule has 1 heterocycles. The van der Waals surface area contributed by atoms with Crippen LogP contribution in [0.1, 0.15) is 64.8 Å². The van der Waals surface area contributed by atoms with Gasteiger partial charge in [0.1, 0.15) is 5.75 Å². The third-order valence-corrected chi connectivity index (χ3v) is 5.32. The number of esters is 1. The molecule has 0 amide bonds. The number of carbonyl (C=O) groups is 2. The summed E-state index contributed by atoms with van der Waals surface area (Å²) in [5.41, 5.74) is 2.05. The summed E-state index contributed by atoms with van der Waals surface area (Å²) in [4.78, 5) is 28.1. The van der Waals surface area contributed by atoms with Gasteiger partial charge in [0.05, 0.1) is 18.8 Å². The van der Waals surface area contributed by atoms with E-state index in [0.717, 1.165) is 49.8 Å². The molecule has 0 unspecified atom stereocenters. The van der Waals surface area contributed by atoms with Gasteiger partial charge in [0.25, 0.3) is 0 Å². The van der Waals surface area contributed by atoms with E-state index < -0.39 is 0 Å². The smallest absolute Gasteiger partial charge is 0.339 e. The summed E-state index contributed by atoms with van der Waals surface area (Å²) in [5, 5.41) is 0. The van der Waals surface area contributed by atoms with Gasteiger partial charge in [0.15, 0.2) is 5.78 Å². The summed E-state index contributed by atoms with van der Waals surface area (Å²) in [7, 11) is 0.